The summed E-state index contributed by atoms with van der Waals surface area (Å²) < 4.78 is 1.88. The fraction of sp³-hybridized carbons (Fsp3) is 0.500. The number of piperidine rings is 1. The van der Waals surface area contributed by atoms with Gasteiger partial charge in [-0.1, -0.05) is 11.6 Å². The lowest BCUT2D eigenvalue weighted by Crippen LogP contribution is -2.36. The van der Waals surface area contributed by atoms with Gasteiger partial charge in [-0.3, -0.25) is 9.48 Å². The summed E-state index contributed by atoms with van der Waals surface area (Å²) in [7, 11) is 3.42. The van der Waals surface area contributed by atoms with Crippen molar-refractivity contribution in [2.45, 2.75) is 19.4 Å². The minimum Gasteiger partial charge on any atom is -0.355 e. The van der Waals surface area contributed by atoms with E-state index in [2.05, 4.69) is 20.0 Å². The molecule has 0 spiro atoms. The van der Waals surface area contributed by atoms with Gasteiger partial charge in [0.15, 0.2) is 0 Å². The van der Waals surface area contributed by atoms with Crippen LogP contribution in [-0.2, 0) is 6.54 Å². The van der Waals surface area contributed by atoms with Crippen LogP contribution >= 0.6 is 11.6 Å². The number of aromatic nitrogens is 4. The quantitative estimate of drug-likeness (QED) is 0.844. The molecule has 8 heteroatoms. The third-order valence-corrected chi connectivity index (χ3v) is 4.58. The van der Waals surface area contributed by atoms with Gasteiger partial charge in [-0.05, 0) is 24.8 Å². The first-order valence-corrected chi connectivity index (χ1v) is 8.37. The number of amides is 1. The molecule has 1 amide bonds. The number of hydrogen-bond acceptors (Lipinski definition) is 5. The molecule has 0 saturated carbocycles. The summed E-state index contributed by atoms with van der Waals surface area (Å²) in [6, 6.07) is 1.70. The molecule has 3 heterocycles. The fourth-order valence-electron chi connectivity index (χ4n) is 2.96. The van der Waals surface area contributed by atoms with E-state index >= 15 is 0 Å². The number of carbonyl (C=O) groups is 1. The Bertz CT molecular complexity index is 695. The number of nitrogens with zero attached hydrogens (tertiary/aromatic N) is 6. The molecule has 0 aliphatic carbocycles. The van der Waals surface area contributed by atoms with E-state index in [9.17, 15) is 4.79 Å². The molecule has 0 atom stereocenters. The monoisotopic (exact) mass is 348 g/mol. The molecular formula is C16H21ClN6O. The first kappa shape index (κ1) is 16.7. The molecule has 1 aliphatic heterocycles. The Morgan fingerprint density at radius 1 is 1.38 bits per heavy atom. The van der Waals surface area contributed by atoms with Crippen LogP contribution in [0.4, 0.5) is 5.82 Å². The van der Waals surface area contributed by atoms with E-state index in [1.807, 2.05) is 4.68 Å². The Labute approximate surface area is 146 Å². The Balaban J connectivity index is 1.63. The van der Waals surface area contributed by atoms with Crippen LogP contribution in [0.5, 0.6) is 0 Å². The van der Waals surface area contributed by atoms with Gasteiger partial charge in [0.05, 0.1) is 10.6 Å². The van der Waals surface area contributed by atoms with Gasteiger partial charge in [0.1, 0.15) is 18.5 Å². The lowest BCUT2D eigenvalue weighted by molar-refractivity contribution is 0.0827. The molecule has 0 radical (unpaired) electrons. The van der Waals surface area contributed by atoms with E-state index in [0.29, 0.717) is 16.5 Å². The van der Waals surface area contributed by atoms with Crippen LogP contribution in [0.15, 0.2) is 24.9 Å². The Hall–Kier alpha value is -2.15. The van der Waals surface area contributed by atoms with E-state index in [4.69, 9.17) is 11.6 Å². The third kappa shape index (κ3) is 3.67. The number of halogens is 1. The molecule has 1 fully saturated rings. The average Bonchev–Trinajstić information content (AvgIpc) is 3.08. The van der Waals surface area contributed by atoms with Crippen molar-refractivity contribution < 1.29 is 4.79 Å². The number of pyridine rings is 1. The molecule has 0 N–H and O–H groups in total. The van der Waals surface area contributed by atoms with Gasteiger partial charge in [0, 0.05) is 39.9 Å². The number of carbonyl (C=O) groups excluding carboxylic acids is 1. The van der Waals surface area contributed by atoms with Gasteiger partial charge in [-0.25, -0.2) is 9.97 Å². The normalized spacial score (nSPS) is 15.5. The van der Waals surface area contributed by atoms with Gasteiger partial charge in [0.25, 0.3) is 5.91 Å². The predicted molar refractivity (Wildman–Crippen MR) is 92.2 cm³/mol. The van der Waals surface area contributed by atoms with Gasteiger partial charge in [-0.2, -0.15) is 5.10 Å². The van der Waals surface area contributed by atoms with E-state index in [0.717, 1.165) is 38.3 Å². The van der Waals surface area contributed by atoms with Crippen molar-refractivity contribution in [3.05, 3.63) is 35.5 Å². The smallest absolute Gasteiger partial charge is 0.254 e. The van der Waals surface area contributed by atoms with Crippen LogP contribution in [0.2, 0.25) is 5.02 Å². The first-order chi connectivity index (χ1) is 11.5. The van der Waals surface area contributed by atoms with Crippen molar-refractivity contribution in [2.24, 2.45) is 5.92 Å². The summed E-state index contributed by atoms with van der Waals surface area (Å²) >= 11 is 6.37. The molecule has 3 rings (SSSR count). The summed E-state index contributed by atoms with van der Waals surface area (Å²) in [5.41, 5.74) is 0.509. The van der Waals surface area contributed by atoms with Crippen molar-refractivity contribution in [3.63, 3.8) is 0 Å². The molecule has 1 saturated heterocycles. The third-order valence-electron chi connectivity index (χ3n) is 4.30. The SMILES string of the molecule is CN(C)C(=O)c1cnc(N2CCC(Cn3cncn3)CC2)c(Cl)c1. The molecule has 24 heavy (non-hydrogen) atoms. The maximum atomic E-state index is 12.0. The molecule has 0 unspecified atom stereocenters. The Morgan fingerprint density at radius 2 is 2.12 bits per heavy atom. The highest BCUT2D eigenvalue weighted by molar-refractivity contribution is 6.33. The maximum absolute atomic E-state index is 12.0. The van der Waals surface area contributed by atoms with Gasteiger partial charge in [0.2, 0.25) is 0 Å². The Kier molecular flexibility index (Phi) is 4.99. The molecule has 2 aromatic heterocycles. The molecule has 0 aromatic carbocycles. The lowest BCUT2D eigenvalue weighted by atomic mass is 9.97. The van der Waals surface area contributed by atoms with Gasteiger partial charge in [-0.15, -0.1) is 0 Å². The zero-order chi connectivity index (χ0) is 17.1. The fourth-order valence-corrected chi connectivity index (χ4v) is 3.24. The second-order valence-corrected chi connectivity index (χ2v) is 6.68. The number of anilines is 1. The molecule has 7 nitrogen and oxygen atoms in total. The van der Waals surface area contributed by atoms with Crippen LogP contribution in [-0.4, -0.2) is 57.7 Å². The highest BCUT2D eigenvalue weighted by atomic mass is 35.5. The first-order valence-electron chi connectivity index (χ1n) is 7.99. The largest absolute Gasteiger partial charge is 0.355 e. The molecule has 1 aliphatic rings. The second-order valence-electron chi connectivity index (χ2n) is 6.28. The van der Waals surface area contributed by atoms with E-state index in [1.165, 1.54) is 4.90 Å². The summed E-state index contributed by atoms with van der Waals surface area (Å²) in [6.07, 6.45) is 7.03. The molecule has 2 aromatic rings. The maximum Gasteiger partial charge on any atom is 0.254 e. The summed E-state index contributed by atoms with van der Waals surface area (Å²) in [5, 5.41) is 4.69. The highest BCUT2D eigenvalue weighted by Gasteiger charge is 2.23. The molecule has 128 valence electrons. The minimum absolute atomic E-state index is 0.0949. The highest BCUT2D eigenvalue weighted by Crippen LogP contribution is 2.29. The summed E-state index contributed by atoms with van der Waals surface area (Å²) in [6.45, 7) is 2.69. The van der Waals surface area contributed by atoms with Gasteiger partial charge >= 0.3 is 0 Å². The average molecular weight is 349 g/mol. The van der Waals surface area contributed by atoms with Crippen LogP contribution in [0, 0.1) is 5.92 Å². The van der Waals surface area contributed by atoms with Crippen molar-refractivity contribution in [1.82, 2.24) is 24.6 Å². The van der Waals surface area contributed by atoms with Gasteiger partial charge < -0.3 is 9.80 Å². The molecule has 0 bridgehead atoms. The van der Waals surface area contributed by atoms with Crippen LogP contribution in [0.25, 0.3) is 0 Å². The summed E-state index contributed by atoms with van der Waals surface area (Å²) in [4.78, 5) is 24.1. The van der Waals surface area contributed by atoms with E-state index < -0.39 is 0 Å². The summed E-state index contributed by atoms with van der Waals surface area (Å²) in [5.74, 6) is 1.24. The van der Waals surface area contributed by atoms with Crippen molar-refractivity contribution in [3.8, 4) is 0 Å². The van der Waals surface area contributed by atoms with E-state index in [-0.39, 0.29) is 5.91 Å². The molecular weight excluding hydrogens is 328 g/mol. The zero-order valence-electron chi connectivity index (χ0n) is 13.9. The van der Waals surface area contributed by atoms with Crippen molar-refractivity contribution >= 4 is 23.3 Å². The minimum atomic E-state index is -0.0949. The topological polar surface area (TPSA) is 67.2 Å². The zero-order valence-corrected chi connectivity index (χ0v) is 14.6. The second kappa shape index (κ2) is 7.17. The van der Waals surface area contributed by atoms with Crippen LogP contribution < -0.4 is 4.90 Å². The Morgan fingerprint density at radius 3 is 2.71 bits per heavy atom. The lowest BCUT2D eigenvalue weighted by Gasteiger charge is -2.33. The van der Waals surface area contributed by atoms with Crippen molar-refractivity contribution in [2.75, 3.05) is 32.1 Å². The van der Waals surface area contributed by atoms with Crippen LogP contribution in [0.3, 0.4) is 0 Å². The standard InChI is InChI=1S/C16H21ClN6O/c1-21(2)16(24)13-7-14(17)15(19-8-13)22-5-3-12(4-6-22)9-23-11-18-10-20-23/h7-8,10-12H,3-6,9H2,1-2H3. The number of rotatable bonds is 4. The number of hydrogen-bond donors (Lipinski definition) is 0. The van der Waals surface area contributed by atoms with Crippen LogP contribution in [0.1, 0.15) is 23.2 Å². The van der Waals surface area contributed by atoms with E-state index in [1.54, 1.807) is 39.0 Å². The van der Waals surface area contributed by atoms with Crippen molar-refractivity contribution in [1.29, 1.82) is 0 Å². The predicted octanol–water partition coefficient (Wildman–Crippen LogP) is 1.94.